The predicted molar refractivity (Wildman–Crippen MR) is 120 cm³/mol. The standard InChI is InChI=1S/C15H7Br6N3/c16-14(17,18)12-22-11(23-13(24-12)15(19,20)21)10-7-3-5-8-4-1-2-6-9(8)10/h1-7H. The SMILES string of the molecule is BrC(Br)(Br)c1nc(-c2cccc3ccccc23)nc(C(Br)(Br)Br)n1. The summed E-state index contributed by atoms with van der Waals surface area (Å²) >= 11 is 20.9. The van der Waals surface area contributed by atoms with Crippen LogP contribution < -0.4 is 0 Å². The molecule has 0 fully saturated rings. The molecule has 1 aromatic heterocycles. The van der Waals surface area contributed by atoms with E-state index in [9.17, 15) is 0 Å². The van der Waals surface area contributed by atoms with E-state index in [4.69, 9.17) is 0 Å². The fourth-order valence-corrected chi connectivity index (χ4v) is 3.23. The van der Waals surface area contributed by atoms with Gasteiger partial charge in [0.1, 0.15) is 0 Å². The van der Waals surface area contributed by atoms with Gasteiger partial charge in [0, 0.05) is 5.56 Å². The molecule has 3 aromatic rings. The fraction of sp³-hybridized carbons (Fsp3) is 0.133. The lowest BCUT2D eigenvalue weighted by Gasteiger charge is -2.17. The van der Waals surface area contributed by atoms with Gasteiger partial charge in [-0.05, 0) is 10.8 Å². The molecule has 0 saturated carbocycles. The third-order valence-electron chi connectivity index (χ3n) is 3.17. The van der Waals surface area contributed by atoms with E-state index in [1.807, 2.05) is 24.3 Å². The number of hydrogen-bond donors (Lipinski definition) is 0. The van der Waals surface area contributed by atoms with Crippen molar-refractivity contribution in [1.29, 1.82) is 0 Å². The normalized spacial score (nSPS) is 12.6. The maximum absolute atomic E-state index is 4.61. The molecule has 0 N–H and O–H groups in total. The summed E-state index contributed by atoms with van der Waals surface area (Å²) in [5.41, 5.74) is 0.937. The highest BCUT2D eigenvalue weighted by Gasteiger charge is 2.32. The predicted octanol–water partition coefficient (Wildman–Crippen LogP) is 7.28. The zero-order valence-corrected chi connectivity index (χ0v) is 21.2. The molecule has 1 heterocycles. The number of aromatic nitrogens is 3. The topological polar surface area (TPSA) is 38.7 Å². The van der Waals surface area contributed by atoms with E-state index in [2.05, 4.69) is 129 Å². The fourth-order valence-electron chi connectivity index (χ4n) is 2.17. The molecule has 24 heavy (non-hydrogen) atoms. The van der Waals surface area contributed by atoms with Gasteiger partial charge in [-0.15, -0.1) is 0 Å². The molecular formula is C15H7Br6N3. The van der Waals surface area contributed by atoms with E-state index in [0.717, 1.165) is 16.3 Å². The van der Waals surface area contributed by atoms with Crippen molar-refractivity contribution in [1.82, 2.24) is 15.0 Å². The molecular weight excluding hydrogens is 702 g/mol. The minimum Gasteiger partial charge on any atom is -0.211 e. The molecule has 3 nitrogen and oxygen atoms in total. The molecule has 0 aliphatic rings. The minimum absolute atomic E-state index is 0.498. The summed E-state index contributed by atoms with van der Waals surface area (Å²) in [7, 11) is 0. The zero-order valence-electron chi connectivity index (χ0n) is 11.7. The van der Waals surface area contributed by atoms with Crippen molar-refractivity contribution in [2.45, 2.75) is 4.29 Å². The molecule has 9 heteroatoms. The van der Waals surface area contributed by atoms with Gasteiger partial charge in [0.25, 0.3) is 0 Å². The molecule has 0 aliphatic heterocycles. The number of nitrogens with zero attached hydrogens (tertiary/aromatic N) is 3. The molecule has 0 saturated heterocycles. The molecule has 0 spiro atoms. The number of hydrogen-bond acceptors (Lipinski definition) is 3. The summed E-state index contributed by atoms with van der Waals surface area (Å²) in [6, 6.07) is 14.2. The van der Waals surface area contributed by atoms with Crippen LogP contribution in [0.15, 0.2) is 42.5 Å². The lowest BCUT2D eigenvalue weighted by atomic mass is 10.0. The van der Waals surface area contributed by atoms with E-state index in [0.29, 0.717) is 17.5 Å². The van der Waals surface area contributed by atoms with E-state index < -0.39 is 4.29 Å². The molecule has 0 aliphatic carbocycles. The second kappa shape index (κ2) is 7.31. The molecule has 2 aromatic carbocycles. The van der Waals surface area contributed by atoms with Crippen LogP contribution in [0.1, 0.15) is 11.6 Å². The van der Waals surface area contributed by atoms with Gasteiger partial charge < -0.3 is 0 Å². The first kappa shape index (κ1) is 19.4. The van der Waals surface area contributed by atoms with E-state index in [1.54, 1.807) is 0 Å². The molecule has 0 amide bonds. The number of benzene rings is 2. The molecule has 3 rings (SSSR count). The van der Waals surface area contributed by atoms with Crippen LogP contribution in [0.25, 0.3) is 22.2 Å². The Bertz CT molecular complexity index is 864. The Balaban J connectivity index is 2.30. The zero-order chi connectivity index (χ0) is 17.5. The van der Waals surface area contributed by atoms with Crippen molar-refractivity contribution >= 4 is 106 Å². The van der Waals surface area contributed by atoms with Crippen molar-refractivity contribution in [2.75, 3.05) is 0 Å². The van der Waals surface area contributed by atoms with E-state index >= 15 is 0 Å². The first-order valence-corrected chi connectivity index (χ1v) is 11.3. The molecule has 0 unspecified atom stereocenters. The Morgan fingerprint density at radius 3 is 1.75 bits per heavy atom. The van der Waals surface area contributed by atoms with Crippen LogP contribution in [-0.2, 0) is 4.29 Å². The number of alkyl halides is 6. The summed E-state index contributed by atoms with van der Waals surface area (Å²) in [5, 5.41) is 2.21. The van der Waals surface area contributed by atoms with Crippen LogP contribution in [0.4, 0.5) is 0 Å². The quantitative estimate of drug-likeness (QED) is 0.250. The lowest BCUT2D eigenvalue weighted by molar-refractivity contribution is 0.894. The third kappa shape index (κ3) is 4.28. The number of halogens is 6. The first-order chi connectivity index (χ1) is 11.2. The van der Waals surface area contributed by atoms with Gasteiger partial charge in [0.05, 0.1) is 0 Å². The summed E-state index contributed by atoms with van der Waals surface area (Å²) < 4.78 is -1.50. The van der Waals surface area contributed by atoms with Gasteiger partial charge in [-0.2, -0.15) is 0 Å². The van der Waals surface area contributed by atoms with Crippen LogP contribution in [0.2, 0.25) is 0 Å². The lowest BCUT2D eigenvalue weighted by Crippen LogP contribution is -2.15. The van der Waals surface area contributed by atoms with Crippen molar-refractivity contribution in [3.8, 4) is 11.4 Å². The molecule has 0 atom stereocenters. The van der Waals surface area contributed by atoms with Gasteiger partial charge in [-0.3, -0.25) is 0 Å². The summed E-state index contributed by atoms with van der Waals surface area (Å²) in [5.74, 6) is 1.58. The van der Waals surface area contributed by atoms with Crippen LogP contribution in [0.3, 0.4) is 0 Å². The van der Waals surface area contributed by atoms with Gasteiger partial charge in [-0.1, -0.05) is 138 Å². The van der Waals surface area contributed by atoms with E-state index in [-0.39, 0.29) is 0 Å². The Morgan fingerprint density at radius 1 is 0.625 bits per heavy atom. The summed E-state index contributed by atoms with van der Waals surface area (Å²) in [6.45, 7) is 0. The van der Waals surface area contributed by atoms with Crippen molar-refractivity contribution in [3.63, 3.8) is 0 Å². The highest BCUT2D eigenvalue weighted by molar-refractivity contribution is 9.39. The van der Waals surface area contributed by atoms with Crippen LogP contribution in [0.5, 0.6) is 0 Å². The second-order valence-corrected chi connectivity index (χ2v) is 18.4. The number of rotatable bonds is 1. The average molecular weight is 709 g/mol. The third-order valence-corrected chi connectivity index (χ3v) is 5.30. The second-order valence-electron chi connectivity index (χ2n) is 4.83. The van der Waals surface area contributed by atoms with Crippen molar-refractivity contribution < 1.29 is 0 Å². The maximum Gasteiger partial charge on any atom is 0.194 e. The summed E-state index contributed by atoms with van der Waals surface area (Å²) in [4.78, 5) is 13.7. The van der Waals surface area contributed by atoms with Crippen molar-refractivity contribution in [3.05, 3.63) is 54.1 Å². The largest absolute Gasteiger partial charge is 0.211 e. The molecule has 0 bridgehead atoms. The molecule has 0 radical (unpaired) electrons. The monoisotopic (exact) mass is 703 g/mol. The average Bonchev–Trinajstić information content (AvgIpc) is 2.52. The van der Waals surface area contributed by atoms with Crippen LogP contribution in [-0.4, -0.2) is 15.0 Å². The molecule has 124 valence electrons. The summed E-state index contributed by atoms with van der Waals surface area (Å²) in [6.07, 6.45) is 0. The van der Waals surface area contributed by atoms with Crippen LogP contribution >= 0.6 is 95.6 Å². The first-order valence-electron chi connectivity index (χ1n) is 6.55. The minimum atomic E-state index is -0.748. The van der Waals surface area contributed by atoms with Crippen molar-refractivity contribution in [2.24, 2.45) is 0 Å². The Morgan fingerprint density at radius 2 is 1.17 bits per heavy atom. The number of fused-ring (bicyclic) bond motifs is 1. The smallest absolute Gasteiger partial charge is 0.194 e. The van der Waals surface area contributed by atoms with E-state index in [1.165, 1.54) is 0 Å². The van der Waals surface area contributed by atoms with Crippen LogP contribution in [0, 0.1) is 0 Å². The van der Waals surface area contributed by atoms with Gasteiger partial charge in [0.15, 0.2) is 21.8 Å². The Kier molecular flexibility index (Phi) is 5.89. The highest BCUT2D eigenvalue weighted by Crippen LogP contribution is 2.46. The highest BCUT2D eigenvalue weighted by atomic mass is 80.0. The Labute approximate surface area is 189 Å². The maximum atomic E-state index is 4.61. The van der Waals surface area contributed by atoms with Gasteiger partial charge in [0.2, 0.25) is 0 Å². The van der Waals surface area contributed by atoms with Gasteiger partial charge >= 0.3 is 0 Å². The Hall–Kier alpha value is 0.590. The van der Waals surface area contributed by atoms with Gasteiger partial charge in [-0.25, -0.2) is 15.0 Å².